The van der Waals surface area contributed by atoms with Gasteiger partial charge in [-0.3, -0.25) is 4.79 Å². The third-order valence-corrected chi connectivity index (χ3v) is 2.69. The highest BCUT2D eigenvalue weighted by Crippen LogP contribution is 2.10. The third kappa shape index (κ3) is 2.61. The van der Waals surface area contributed by atoms with Gasteiger partial charge in [0.1, 0.15) is 0 Å². The number of carbonyl (C=O) groups is 2. The summed E-state index contributed by atoms with van der Waals surface area (Å²) < 4.78 is 0. The minimum atomic E-state index is 0.0186. The van der Waals surface area contributed by atoms with Crippen LogP contribution in [0.2, 0.25) is 0 Å². The monoisotopic (exact) mass is 213 g/mol. The van der Waals surface area contributed by atoms with Crippen molar-refractivity contribution in [1.82, 2.24) is 14.7 Å². The van der Waals surface area contributed by atoms with Crippen molar-refractivity contribution in [3.63, 3.8) is 0 Å². The summed E-state index contributed by atoms with van der Waals surface area (Å²) in [6, 6.07) is 0.130. The predicted octanol–water partition coefficient (Wildman–Crippen LogP) is 0.221. The quantitative estimate of drug-likeness (QED) is 0.578. The molecule has 0 aromatic carbocycles. The van der Waals surface area contributed by atoms with Crippen LogP contribution in [0.15, 0.2) is 0 Å². The van der Waals surface area contributed by atoms with Gasteiger partial charge in [-0.1, -0.05) is 0 Å². The highest BCUT2D eigenvalue weighted by molar-refractivity contribution is 5.76. The van der Waals surface area contributed by atoms with E-state index in [1.807, 2.05) is 6.92 Å². The second kappa shape index (κ2) is 4.51. The van der Waals surface area contributed by atoms with E-state index in [0.29, 0.717) is 19.6 Å². The summed E-state index contributed by atoms with van der Waals surface area (Å²) in [4.78, 5) is 28.1. The second-order valence-electron chi connectivity index (χ2n) is 4.18. The van der Waals surface area contributed by atoms with Crippen molar-refractivity contribution in [3.8, 4) is 0 Å². The van der Waals surface area contributed by atoms with Crippen LogP contribution in [0.3, 0.4) is 0 Å². The molecule has 1 aliphatic rings. The fourth-order valence-corrected chi connectivity index (χ4v) is 1.88. The van der Waals surface area contributed by atoms with Crippen molar-refractivity contribution in [2.45, 2.75) is 19.9 Å². The maximum absolute atomic E-state index is 11.7. The Morgan fingerprint density at radius 3 is 2.27 bits per heavy atom. The highest BCUT2D eigenvalue weighted by atomic mass is 16.2. The maximum Gasteiger partial charge on any atom is 0.319 e. The van der Waals surface area contributed by atoms with Crippen LogP contribution in [-0.4, -0.2) is 66.4 Å². The molecule has 1 aliphatic heterocycles. The highest BCUT2D eigenvalue weighted by Gasteiger charge is 2.28. The minimum absolute atomic E-state index is 0.0186. The maximum atomic E-state index is 11.7. The van der Waals surface area contributed by atoms with E-state index >= 15 is 0 Å². The fraction of sp³-hybridized carbons (Fsp3) is 0.800. The van der Waals surface area contributed by atoms with Crippen molar-refractivity contribution < 1.29 is 9.59 Å². The second-order valence-corrected chi connectivity index (χ2v) is 4.18. The van der Waals surface area contributed by atoms with Gasteiger partial charge in [0, 0.05) is 46.7 Å². The Balaban J connectivity index is 2.58. The predicted molar refractivity (Wildman–Crippen MR) is 57.5 cm³/mol. The average Bonchev–Trinajstić information content (AvgIpc) is 2.15. The summed E-state index contributed by atoms with van der Waals surface area (Å²) in [6.45, 7) is 5.42. The molecule has 1 fully saturated rings. The zero-order valence-corrected chi connectivity index (χ0v) is 9.86. The number of nitrogens with zero attached hydrogens (tertiary/aromatic N) is 3. The first kappa shape index (κ1) is 11.8. The molecular weight excluding hydrogens is 194 g/mol. The summed E-state index contributed by atoms with van der Waals surface area (Å²) in [5, 5.41) is 0. The van der Waals surface area contributed by atoms with E-state index in [1.54, 1.807) is 35.7 Å². The molecule has 0 bridgehead atoms. The first-order valence-corrected chi connectivity index (χ1v) is 5.17. The lowest BCUT2D eigenvalue weighted by Crippen LogP contribution is -2.56. The minimum Gasteiger partial charge on any atom is -0.337 e. The topological polar surface area (TPSA) is 43.9 Å². The first-order valence-electron chi connectivity index (χ1n) is 5.17. The molecule has 5 nitrogen and oxygen atoms in total. The SMILES string of the molecule is CC(=O)N1CCN(C(=O)N(C)C)CC1C. The van der Waals surface area contributed by atoms with Gasteiger partial charge in [-0.25, -0.2) is 4.79 Å². The molecule has 5 heteroatoms. The van der Waals surface area contributed by atoms with Crippen LogP contribution in [0.25, 0.3) is 0 Å². The molecule has 0 spiro atoms. The smallest absolute Gasteiger partial charge is 0.319 e. The lowest BCUT2D eigenvalue weighted by molar-refractivity contribution is -0.132. The molecule has 1 unspecified atom stereocenters. The summed E-state index contributed by atoms with van der Waals surface area (Å²) in [6.07, 6.45) is 0. The number of urea groups is 1. The molecule has 15 heavy (non-hydrogen) atoms. The zero-order chi connectivity index (χ0) is 11.6. The van der Waals surface area contributed by atoms with Crippen molar-refractivity contribution in [3.05, 3.63) is 0 Å². The third-order valence-electron chi connectivity index (χ3n) is 2.69. The molecule has 0 saturated carbocycles. The van der Waals surface area contributed by atoms with E-state index in [1.165, 1.54) is 0 Å². The van der Waals surface area contributed by atoms with Gasteiger partial charge in [-0.2, -0.15) is 0 Å². The fourth-order valence-electron chi connectivity index (χ4n) is 1.88. The Kier molecular flexibility index (Phi) is 3.55. The molecule has 0 radical (unpaired) electrons. The van der Waals surface area contributed by atoms with E-state index in [9.17, 15) is 9.59 Å². The van der Waals surface area contributed by atoms with Crippen LogP contribution in [-0.2, 0) is 4.79 Å². The van der Waals surface area contributed by atoms with Crippen LogP contribution in [0.5, 0.6) is 0 Å². The standard InChI is InChI=1S/C10H19N3O2/c1-8-7-12(10(15)11(3)4)5-6-13(8)9(2)14/h8H,5-7H2,1-4H3. The molecule has 1 saturated heterocycles. The van der Waals surface area contributed by atoms with Gasteiger partial charge in [0.25, 0.3) is 0 Å². The Labute approximate surface area is 90.6 Å². The van der Waals surface area contributed by atoms with Gasteiger partial charge >= 0.3 is 6.03 Å². The largest absolute Gasteiger partial charge is 0.337 e. The first-order chi connectivity index (χ1) is 6.93. The number of amides is 3. The summed E-state index contributed by atoms with van der Waals surface area (Å²) >= 11 is 0. The van der Waals surface area contributed by atoms with Gasteiger partial charge in [0.2, 0.25) is 5.91 Å². The van der Waals surface area contributed by atoms with Crippen LogP contribution >= 0.6 is 0 Å². The van der Waals surface area contributed by atoms with E-state index in [-0.39, 0.29) is 18.0 Å². The summed E-state index contributed by atoms with van der Waals surface area (Å²) in [5.74, 6) is 0.0828. The van der Waals surface area contributed by atoms with E-state index in [4.69, 9.17) is 0 Å². The van der Waals surface area contributed by atoms with E-state index in [2.05, 4.69) is 0 Å². The summed E-state index contributed by atoms with van der Waals surface area (Å²) in [5.41, 5.74) is 0. The molecule has 0 aromatic heterocycles. The number of carbonyl (C=O) groups excluding carboxylic acids is 2. The zero-order valence-electron chi connectivity index (χ0n) is 9.86. The molecule has 0 aliphatic carbocycles. The Bertz CT molecular complexity index is 265. The number of hydrogen-bond donors (Lipinski definition) is 0. The van der Waals surface area contributed by atoms with Crippen LogP contribution in [0, 0.1) is 0 Å². The number of rotatable bonds is 0. The number of piperazine rings is 1. The number of hydrogen-bond acceptors (Lipinski definition) is 2. The van der Waals surface area contributed by atoms with Gasteiger partial charge in [0.05, 0.1) is 0 Å². The van der Waals surface area contributed by atoms with Crippen molar-refractivity contribution in [1.29, 1.82) is 0 Å². The van der Waals surface area contributed by atoms with Gasteiger partial charge < -0.3 is 14.7 Å². The van der Waals surface area contributed by atoms with Crippen molar-refractivity contribution in [2.75, 3.05) is 33.7 Å². The van der Waals surface area contributed by atoms with Gasteiger partial charge in [-0.05, 0) is 6.92 Å². The molecule has 1 rings (SSSR count). The Morgan fingerprint density at radius 1 is 1.27 bits per heavy atom. The lowest BCUT2D eigenvalue weighted by atomic mass is 10.2. The summed E-state index contributed by atoms with van der Waals surface area (Å²) in [7, 11) is 3.48. The van der Waals surface area contributed by atoms with Gasteiger partial charge in [-0.15, -0.1) is 0 Å². The molecule has 3 amide bonds. The van der Waals surface area contributed by atoms with Crippen molar-refractivity contribution >= 4 is 11.9 Å². The molecule has 0 aromatic rings. The van der Waals surface area contributed by atoms with Crippen LogP contribution in [0.4, 0.5) is 4.79 Å². The molecular formula is C10H19N3O2. The lowest BCUT2D eigenvalue weighted by Gasteiger charge is -2.40. The molecule has 0 N–H and O–H groups in total. The van der Waals surface area contributed by atoms with Gasteiger partial charge in [0.15, 0.2) is 0 Å². The van der Waals surface area contributed by atoms with Crippen molar-refractivity contribution in [2.24, 2.45) is 0 Å². The van der Waals surface area contributed by atoms with Crippen LogP contribution in [0.1, 0.15) is 13.8 Å². The Hall–Kier alpha value is -1.26. The molecule has 1 atom stereocenters. The van der Waals surface area contributed by atoms with E-state index in [0.717, 1.165) is 0 Å². The Morgan fingerprint density at radius 2 is 1.87 bits per heavy atom. The average molecular weight is 213 g/mol. The molecule has 86 valence electrons. The molecule has 1 heterocycles. The van der Waals surface area contributed by atoms with Crippen LogP contribution < -0.4 is 0 Å². The normalized spacial score (nSPS) is 21.5. The van der Waals surface area contributed by atoms with E-state index < -0.39 is 0 Å².